The Morgan fingerprint density at radius 1 is 1.44 bits per heavy atom. The molecule has 0 saturated carbocycles. The molecular weight excluding hydrogens is 220 g/mol. The normalized spacial score (nSPS) is 22.9. The predicted molar refractivity (Wildman–Crippen MR) is 77.8 cm³/mol. The second-order valence-electron chi connectivity index (χ2n) is 5.81. The average Bonchev–Trinajstić information content (AvgIpc) is 2.36. The summed E-state index contributed by atoms with van der Waals surface area (Å²) in [7, 11) is 2.23. The minimum atomic E-state index is 0.456. The lowest BCUT2D eigenvalue weighted by Crippen LogP contribution is -2.37. The zero-order chi connectivity index (χ0) is 13.0. The van der Waals surface area contributed by atoms with E-state index in [1.54, 1.807) is 0 Å². The first-order valence-corrected chi connectivity index (χ1v) is 7.13. The van der Waals surface area contributed by atoms with Gasteiger partial charge in [-0.15, -0.1) is 0 Å². The molecule has 0 aromatic heterocycles. The third-order valence-corrected chi connectivity index (χ3v) is 3.98. The van der Waals surface area contributed by atoms with E-state index in [4.69, 9.17) is 0 Å². The number of hydrogen-bond acceptors (Lipinski definition) is 2. The van der Waals surface area contributed by atoms with Gasteiger partial charge in [0.2, 0.25) is 0 Å². The molecule has 0 radical (unpaired) electrons. The molecule has 1 saturated heterocycles. The molecule has 2 atom stereocenters. The highest BCUT2D eigenvalue weighted by Crippen LogP contribution is 2.17. The van der Waals surface area contributed by atoms with E-state index < -0.39 is 0 Å². The first-order chi connectivity index (χ1) is 8.65. The summed E-state index contributed by atoms with van der Waals surface area (Å²) in [5.74, 6) is 0.816. The lowest BCUT2D eigenvalue weighted by molar-refractivity contribution is 0.203. The van der Waals surface area contributed by atoms with E-state index in [-0.39, 0.29) is 0 Å². The minimum absolute atomic E-state index is 0.456. The Morgan fingerprint density at radius 2 is 2.28 bits per heavy atom. The van der Waals surface area contributed by atoms with Crippen molar-refractivity contribution in [1.29, 1.82) is 0 Å². The number of rotatable bonds is 4. The number of hydrogen-bond donors (Lipinski definition) is 1. The highest BCUT2D eigenvalue weighted by Gasteiger charge is 2.17. The summed E-state index contributed by atoms with van der Waals surface area (Å²) >= 11 is 0. The van der Waals surface area contributed by atoms with E-state index in [1.807, 2.05) is 0 Å². The van der Waals surface area contributed by atoms with Crippen molar-refractivity contribution in [3.05, 3.63) is 35.4 Å². The Morgan fingerprint density at radius 3 is 3.00 bits per heavy atom. The fourth-order valence-corrected chi connectivity index (χ4v) is 2.84. The Hall–Kier alpha value is -0.860. The van der Waals surface area contributed by atoms with Gasteiger partial charge >= 0.3 is 0 Å². The van der Waals surface area contributed by atoms with Crippen molar-refractivity contribution >= 4 is 0 Å². The van der Waals surface area contributed by atoms with Crippen molar-refractivity contribution in [2.24, 2.45) is 5.92 Å². The number of likely N-dealkylation sites (tertiary alicyclic amines) is 1. The van der Waals surface area contributed by atoms with E-state index in [0.29, 0.717) is 6.04 Å². The molecule has 0 spiro atoms. The molecule has 18 heavy (non-hydrogen) atoms. The monoisotopic (exact) mass is 246 g/mol. The standard InChI is InChI=1S/C16H26N2/c1-13-6-4-8-16(10-13)14(2)17-11-15-7-5-9-18(3)12-15/h4,6,8,10,14-15,17H,5,7,9,11-12H2,1-3H3/t14-,15?/m0/s1. The summed E-state index contributed by atoms with van der Waals surface area (Å²) in [4.78, 5) is 2.45. The van der Waals surface area contributed by atoms with Crippen LogP contribution in [0.25, 0.3) is 0 Å². The molecule has 2 heteroatoms. The van der Waals surface area contributed by atoms with Crippen LogP contribution in [0.2, 0.25) is 0 Å². The molecule has 1 unspecified atom stereocenters. The summed E-state index contributed by atoms with van der Waals surface area (Å²) in [6, 6.07) is 9.27. The largest absolute Gasteiger partial charge is 0.310 e. The van der Waals surface area contributed by atoms with Gasteiger partial charge in [-0.25, -0.2) is 0 Å². The molecule has 0 amide bonds. The third-order valence-electron chi connectivity index (χ3n) is 3.98. The average molecular weight is 246 g/mol. The smallest absolute Gasteiger partial charge is 0.0292 e. The Balaban J connectivity index is 1.82. The SMILES string of the molecule is Cc1cccc([C@H](C)NCC2CCCN(C)C2)c1. The van der Waals surface area contributed by atoms with Gasteiger partial charge in [0.05, 0.1) is 0 Å². The molecule has 100 valence electrons. The van der Waals surface area contributed by atoms with Crippen molar-refractivity contribution in [1.82, 2.24) is 10.2 Å². The van der Waals surface area contributed by atoms with Crippen LogP contribution in [0.15, 0.2) is 24.3 Å². The topological polar surface area (TPSA) is 15.3 Å². The Kier molecular flexibility index (Phi) is 4.79. The van der Waals surface area contributed by atoms with Gasteiger partial charge in [-0.3, -0.25) is 0 Å². The molecule has 1 aliphatic heterocycles. The number of piperidine rings is 1. The van der Waals surface area contributed by atoms with E-state index >= 15 is 0 Å². The Labute approximate surface area is 111 Å². The summed E-state index contributed by atoms with van der Waals surface area (Å²) in [5, 5.41) is 3.69. The van der Waals surface area contributed by atoms with E-state index in [1.165, 1.54) is 37.1 Å². The minimum Gasteiger partial charge on any atom is -0.310 e. The lowest BCUT2D eigenvalue weighted by Gasteiger charge is -2.30. The van der Waals surface area contributed by atoms with E-state index in [9.17, 15) is 0 Å². The fraction of sp³-hybridized carbons (Fsp3) is 0.625. The molecule has 1 aromatic rings. The molecule has 1 N–H and O–H groups in total. The molecule has 1 aromatic carbocycles. The third kappa shape index (κ3) is 3.82. The number of nitrogens with zero attached hydrogens (tertiary/aromatic N) is 1. The molecule has 1 fully saturated rings. The van der Waals surface area contributed by atoms with Gasteiger partial charge in [0, 0.05) is 12.6 Å². The van der Waals surface area contributed by atoms with Crippen molar-refractivity contribution in [3.8, 4) is 0 Å². The molecule has 1 aliphatic rings. The maximum atomic E-state index is 3.69. The first-order valence-electron chi connectivity index (χ1n) is 7.13. The van der Waals surface area contributed by atoms with Gasteiger partial charge in [-0.1, -0.05) is 29.8 Å². The van der Waals surface area contributed by atoms with Crippen molar-refractivity contribution < 1.29 is 0 Å². The van der Waals surface area contributed by atoms with Gasteiger partial charge in [0.1, 0.15) is 0 Å². The van der Waals surface area contributed by atoms with Gasteiger partial charge in [0.15, 0.2) is 0 Å². The second-order valence-corrected chi connectivity index (χ2v) is 5.81. The van der Waals surface area contributed by atoms with Crippen molar-refractivity contribution in [3.63, 3.8) is 0 Å². The van der Waals surface area contributed by atoms with Crippen molar-refractivity contribution in [2.45, 2.75) is 32.7 Å². The molecule has 2 nitrogen and oxygen atoms in total. The van der Waals surface area contributed by atoms with Crippen LogP contribution in [-0.4, -0.2) is 31.6 Å². The van der Waals surface area contributed by atoms with Crippen LogP contribution in [0.4, 0.5) is 0 Å². The zero-order valence-corrected chi connectivity index (χ0v) is 11.9. The van der Waals surface area contributed by atoms with Crippen LogP contribution in [0, 0.1) is 12.8 Å². The van der Waals surface area contributed by atoms with Crippen LogP contribution < -0.4 is 5.32 Å². The number of aryl methyl sites for hydroxylation is 1. The number of benzene rings is 1. The van der Waals surface area contributed by atoms with Crippen molar-refractivity contribution in [2.75, 3.05) is 26.7 Å². The summed E-state index contributed by atoms with van der Waals surface area (Å²) in [6.45, 7) is 8.07. The van der Waals surface area contributed by atoms with E-state index in [2.05, 4.69) is 55.4 Å². The van der Waals surface area contributed by atoms with Crippen LogP contribution in [0.3, 0.4) is 0 Å². The summed E-state index contributed by atoms with van der Waals surface area (Å²) in [5.41, 5.74) is 2.75. The van der Waals surface area contributed by atoms with Crippen LogP contribution in [0.5, 0.6) is 0 Å². The zero-order valence-electron chi connectivity index (χ0n) is 11.9. The van der Waals surface area contributed by atoms with Crippen LogP contribution in [0.1, 0.15) is 36.9 Å². The quantitative estimate of drug-likeness (QED) is 0.878. The van der Waals surface area contributed by atoms with E-state index in [0.717, 1.165) is 12.5 Å². The van der Waals surface area contributed by atoms with Crippen LogP contribution in [-0.2, 0) is 0 Å². The summed E-state index contributed by atoms with van der Waals surface area (Å²) < 4.78 is 0. The van der Waals surface area contributed by atoms with Gasteiger partial charge in [-0.2, -0.15) is 0 Å². The highest BCUT2D eigenvalue weighted by molar-refractivity contribution is 5.24. The predicted octanol–water partition coefficient (Wildman–Crippen LogP) is 2.99. The fourth-order valence-electron chi connectivity index (χ4n) is 2.84. The maximum absolute atomic E-state index is 3.69. The lowest BCUT2D eigenvalue weighted by atomic mass is 9.97. The van der Waals surface area contributed by atoms with Gasteiger partial charge in [-0.05, 0) is 58.3 Å². The molecule has 2 rings (SSSR count). The summed E-state index contributed by atoms with van der Waals surface area (Å²) in [6.07, 6.45) is 2.72. The molecule has 0 aliphatic carbocycles. The Bertz CT molecular complexity index is 375. The molecular formula is C16H26N2. The van der Waals surface area contributed by atoms with Crippen LogP contribution >= 0.6 is 0 Å². The molecule has 1 heterocycles. The first kappa shape index (κ1) is 13.6. The number of nitrogens with one attached hydrogen (secondary N) is 1. The highest BCUT2D eigenvalue weighted by atomic mass is 15.1. The van der Waals surface area contributed by atoms with Gasteiger partial charge < -0.3 is 10.2 Å². The van der Waals surface area contributed by atoms with Gasteiger partial charge in [0.25, 0.3) is 0 Å². The molecule has 0 bridgehead atoms. The maximum Gasteiger partial charge on any atom is 0.0292 e. The second kappa shape index (κ2) is 6.35.